The van der Waals surface area contributed by atoms with E-state index in [1.54, 1.807) is 0 Å². The minimum atomic E-state index is -0.299. The second kappa shape index (κ2) is 5.46. The standard InChI is InChI=1S/C13H21NO2/c15-12-8-4-3-7-11(12)13(16)14-9-5-1-2-6-10-14/h11H,1-10H2/t11-/m1/s1. The van der Waals surface area contributed by atoms with E-state index < -0.39 is 0 Å². The van der Waals surface area contributed by atoms with Crippen molar-refractivity contribution in [3.8, 4) is 0 Å². The normalized spacial score (nSPS) is 27.6. The molecule has 1 saturated heterocycles. The van der Waals surface area contributed by atoms with Gasteiger partial charge in [-0.15, -0.1) is 0 Å². The number of amides is 1. The maximum atomic E-state index is 12.2. The van der Waals surface area contributed by atoms with Crippen LogP contribution < -0.4 is 0 Å². The first-order valence-corrected chi connectivity index (χ1v) is 6.60. The Bertz CT molecular complexity index is 267. The number of likely N-dealkylation sites (tertiary alicyclic amines) is 1. The number of Topliss-reactive ketones (excluding diaryl/α,β-unsaturated/α-hetero) is 1. The Balaban J connectivity index is 1.96. The number of hydrogen-bond acceptors (Lipinski definition) is 2. The molecule has 0 unspecified atom stereocenters. The van der Waals surface area contributed by atoms with Gasteiger partial charge in [0.05, 0.1) is 5.92 Å². The summed E-state index contributed by atoms with van der Waals surface area (Å²) in [5.74, 6) is -0.000975. The lowest BCUT2D eigenvalue weighted by Gasteiger charge is -2.27. The Morgan fingerprint density at radius 2 is 1.69 bits per heavy atom. The molecule has 1 aliphatic carbocycles. The largest absolute Gasteiger partial charge is 0.342 e. The molecule has 1 atom stereocenters. The predicted octanol–water partition coefficient (Wildman–Crippen LogP) is 2.15. The smallest absolute Gasteiger partial charge is 0.233 e. The first-order chi connectivity index (χ1) is 7.79. The zero-order valence-corrected chi connectivity index (χ0v) is 9.91. The van der Waals surface area contributed by atoms with Gasteiger partial charge in [0.25, 0.3) is 0 Å². The van der Waals surface area contributed by atoms with E-state index >= 15 is 0 Å². The van der Waals surface area contributed by atoms with Gasteiger partial charge in [-0.05, 0) is 25.7 Å². The minimum Gasteiger partial charge on any atom is -0.342 e. The summed E-state index contributed by atoms with van der Waals surface area (Å²) in [7, 11) is 0. The van der Waals surface area contributed by atoms with Gasteiger partial charge in [0.15, 0.2) is 0 Å². The van der Waals surface area contributed by atoms with Crippen molar-refractivity contribution in [1.82, 2.24) is 4.90 Å². The number of carbonyl (C=O) groups is 2. The van der Waals surface area contributed by atoms with Crippen LogP contribution in [-0.2, 0) is 9.59 Å². The van der Waals surface area contributed by atoms with Crippen LogP contribution in [0.3, 0.4) is 0 Å². The first kappa shape index (κ1) is 11.6. The molecule has 0 radical (unpaired) electrons. The third kappa shape index (κ3) is 2.63. The molecule has 0 aromatic rings. The lowest BCUT2D eigenvalue weighted by Crippen LogP contribution is -2.41. The van der Waals surface area contributed by atoms with Crippen molar-refractivity contribution in [2.24, 2.45) is 5.92 Å². The van der Waals surface area contributed by atoms with Crippen LogP contribution in [0.5, 0.6) is 0 Å². The van der Waals surface area contributed by atoms with Crippen LogP contribution in [-0.4, -0.2) is 29.7 Å². The second-order valence-corrected chi connectivity index (χ2v) is 5.00. The Hall–Kier alpha value is -0.860. The SMILES string of the molecule is O=C1CCCC[C@H]1C(=O)N1CCCCCC1. The molecule has 1 heterocycles. The van der Waals surface area contributed by atoms with E-state index in [9.17, 15) is 9.59 Å². The van der Waals surface area contributed by atoms with Crippen molar-refractivity contribution in [3.05, 3.63) is 0 Å². The van der Waals surface area contributed by atoms with Crippen LogP contribution >= 0.6 is 0 Å². The summed E-state index contributed by atoms with van der Waals surface area (Å²) in [5.41, 5.74) is 0. The van der Waals surface area contributed by atoms with Crippen molar-refractivity contribution >= 4 is 11.7 Å². The molecule has 0 bridgehead atoms. The Kier molecular flexibility index (Phi) is 3.97. The maximum Gasteiger partial charge on any atom is 0.233 e. The third-order valence-electron chi connectivity index (χ3n) is 3.77. The second-order valence-electron chi connectivity index (χ2n) is 5.00. The van der Waals surface area contributed by atoms with Crippen LogP contribution in [0.4, 0.5) is 0 Å². The molecule has 16 heavy (non-hydrogen) atoms. The van der Waals surface area contributed by atoms with Crippen molar-refractivity contribution in [2.45, 2.75) is 51.4 Å². The molecule has 2 aliphatic rings. The highest BCUT2D eigenvalue weighted by Crippen LogP contribution is 2.23. The zero-order valence-electron chi connectivity index (χ0n) is 9.91. The highest BCUT2D eigenvalue weighted by atomic mass is 16.2. The van der Waals surface area contributed by atoms with E-state index in [0.29, 0.717) is 6.42 Å². The van der Waals surface area contributed by atoms with Crippen LogP contribution in [0.25, 0.3) is 0 Å². The van der Waals surface area contributed by atoms with Gasteiger partial charge in [-0.25, -0.2) is 0 Å². The highest BCUT2D eigenvalue weighted by Gasteiger charge is 2.32. The fourth-order valence-corrected chi connectivity index (χ4v) is 2.76. The summed E-state index contributed by atoms with van der Waals surface area (Å²) < 4.78 is 0. The summed E-state index contributed by atoms with van der Waals surface area (Å²) >= 11 is 0. The van der Waals surface area contributed by atoms with Gasteiger partial charge < -0.3 is 4.90 Å². The van der Waals surface area contributed by atoms with E-state index in [0.717, 1.165) is 45.2 Å². The van der Waals surface area contributed by atoms with Gasteiger partial charge in [-0.2, -0.15) is 0 Å². The molecular weight excluding hydrogens is 202 g/mol. The molecule has 0 spiro atoms. The van der Waals surface area contributed by atoms with Crippen molar-refractivity contribution < 1.29 is 9.59 Å². The van der Waals surface area contributed by atoms with Crippen LogP contribution in [0.2, 0.25) is 0 Å². The molecule has 1 saturated carbocycles. The van der Waals surface area contributed by atoms with Gasteiger partial charge in [-0.3, -0.25) is 9.59 Å². The van der Waals surface area contributed by atoms with Crippen molar-refractivity contribution in [1.29, 1.82) is 0 Å². The number of carbonyl (C=O) groups excluding carboxylic acids is 2. The predicted molar refractivity (Wildman–Crippen MR) is 62.0 cm³/mol. The fourth-order valence-electron chi connectivity index (χ4n) is 2.76. The van der Waals surface area contributed by atoms with Gasteiger partial charge >= 0.3 is 0 Å². The molecule has 2 fully saturated rings. The van der Waals surface area contributed by atoms with E-state index in [-0.39, 0.29) is 17.6 Å². The summed E-state index contributed by atoms with van der Waals surface area (Å²) in [6.07, 6.45) is 8.07. The number of ketones is 1. The minimum absolute atomic E-state index is 0.117. The molecule has 2 rings (SSSR count). The average Bonchev–Trinajstić information content (AvgIpc) is 2.57. The van der Waals surface area contributed by atoms with Crippen molar-refractivity contribution in [2.75, 3.05) is 13.1 Å². The first-order valence-electron chi connectivity index (χ1n) is 6.60. The van der Waals surface area contributed by atoms with Gasteiger partial charge in [0.2, 0.25) is 5.91 Å². The molecule has 1 amide bonds. The fraction of sp³-hybridized carbons (Fsp3) is 0.846. The lowest BCUT2D eigenvalue weighted by molar-refractivity contribution is -0.142. The Morgan fingerprint density at radius 3 is 2.31 bits per heavy atom. The van der Waals surface area contributed by atoms with Gasteiger partial charge in [-0.1, -0.05) is 19.3 Å². The summed E-state index contributed by atoms with van der Waals surface area (Å²) in [6, 6.07) is 0. The topological polar surface area (TPSA) is 37.4 Å². The van der Waals surface area contributed by atoms with Gasteiger partial charge in [0.1, 0.15) is 5.78 Å². The van der Waals surface area contributed by atoms with Crippen LogP contribution in [0, 0.1) is 5.92 Å². The van der Waals surface area contributed by atoms with E-state index in [1.807, 2.05) is 4.90 Å². The number of hydrogen-bond donors (Lipinski definition) is 0. The quantitative estimate of drug-likeness (QED) is 0.639. The Labute approximate surface area is 97.2 Å². The maximum absolute atomic E-state index is 12.2. The van der Waals surface area contributed by atoms with Crippen LogP contribution in [0.1, 0.15) is 51.4 Å². The lowest BCUT2D eigenvalue weighted by atomic mass is 9.87. The zero-order chi connectivity index (χ0) is 11.4. The average molecular weight is 223 g/mol. The van der Waals surface area contributed by atoms with E-state index in [2.05, 4.69) is 0 Å². The van der Waals surface area contributed by atoms with Gasteiger partial charge in [0, 0.05) is 19.5 Å². The number of nitrogens with zero attached hydrogens (tertiary/aromatic N) is 1. The summed E-state index contributed by atoms with van der Waals surface area (Å²) in [6.45, 7) is 1.73. The summed E-state index contributed by atoms with van der Waals surface area (Å²) in [4.78, 5) is 25.9. The van der Waals surface area contributed by atoms with E-state index in [4.69, 9.17) is 0 Å². The Morgan fingerprint density at radius 1 is 1.00 bits per heavy atom. The third-order valence-corrected chi connectivity index (χ3v) is 3.77. The number of rotatable bonds is 1. The molecule has 1 aliphatic heterocycles. The molecule has 0 aromatic carbocycles. The van der Waals surface area contributed by atoms with E-state index in [1.165, 1.54) is 12.8 Å². The molecular formula is C13H21NO2. The highest BCUT2D eigenvalue weighted by molar-refractivity contribution is 6.01. The van der Waals surface area contributed by atoms with Crippen molar-refractivity contribution in [3.63, 3.8) is 0 Å². The molecule has 3 heteroatoms. The molecule has 0 aromatic heterocycles. The van der Waals surface area contributed by atoms with Crippen LogP contribution in [0.15, 0.2) is 0 Å². The summed E-state index contributed by atoms with van der Waals surface area (Å²) in [5, 5.41) is 0. The molecule has 0 N–H and O–H groups in total. The molecule has 3 nitrogen and oxygen atoms in total. The monoisotopic (exact) mass is 223 g/mol. The molecule has 90 valence electrons.